The van der Waals surface area contributed by atoms with Crippen molar-refractivity contribution in [3.63, 3.8) is 0 Å². The van der Waals surface area contributed by atoms with Gasteiger partial charge in [0, 0.05) is 13.1 Å². The molecular formula is C17H22N4O3. The molecule has 0 unspecified atom stereocenters. The molecule has 7 nitrogen and oxygen atoms in total. The predicted molar refractivity (Wildman–Crippen MR) is 87.5 cm³/mol. The van der Waals surface area contributed by atoms with Crippen LogP contribution in [0.3, 0.4) is 0 Å². The molecule has 2 atom stereocenters. The van der Waals surface area contributed by atoms with E-state index in [9.17, 15) is 4.79 Å². The molecule has 0 saturated carbocycles. The molecule has 24 heavy (non-hydrogen) atoms. The van der Waals surface area contributed by atoms with Crippen LogP contribution < -0.4 is 4.74 Å². The number of morpholine rings is 1. The number of para-hydroxylation sites is 1. The Hall–Kier alpha value is -2.41. The molecule has 0 aliphatic carbocycles. The van der Waals surface area contributed by atoms with Crippen molar-refractivity contribution < 1.29 is 14.3 Å². The van der Waals surface area contributed by atoms with Gasteiger partial charge in [-0.25, -0.2) is 0 Å². The third-order valence-corrected chi connectivity index (χ3v) is 4.06. The smallest absolute Gasteiger partial charge is 0.263 e. The van der Waals surface area contributed by atoms with E-state index in [0.717, 1.165) is 12.4 Å². The van der Waals surface area contributed by atoms with Gasteiger partial charge in [0.25, 0.3) is 5.91 Å². The molecule has 2 aromatic rings. The van der Waals surface area contributed by atoms with Gasteiger partial charge in [0.15, 0.2) is 11.9 Å². The van der Waals surface area contributed by atoms with Crippen molar-refractivity contribution in [3.05, 3.63) is 42.5 Å². The van der Waals surface area contributed by atoms with Gasteiger partial charge in [-0.05, 0) is 26.0 Å². The van der Waals surface area contributed by atoms with Crippen molar-refractivity contribution in [1.82, 2.24) is 19.7 Å². The van der Waals surface area contributed by atoms with Crippen LogP contribution in [0.1, 0.15) is 25.8 Å². The van der Waals surface area contributed by atoms with Crippen molar-refractivity contribution in [2.45, 2.75) is 32.6 Å². The minimum Gasteiger partial charge on any atom is -0.481 e. The normalized spacial score (nSPS) is 19.1. The van der Waals surface area contributed by atoms with Crippen molar-refractivity contribution in [1.29, 1.82) is 0 Å². The maximum absolute atomic E-state index is 12.7. The number of amides is 1. The maximum atomic E-state index is 12.7. The van der Waals surface area contributed by atoms with Gasteiger partial charge >= 0.3 is 0 Å². The molecule has 1 saturated heterocycles. The summed E-state index contributed by atoms with van der Waals surface area (Å²) in [7, 11) is 0. The van der Waals surface area contributed by atoms with E-state index in [2.05, 4.69) is 10.2 Å². The summed E-state index contributed by atoms with van der Waals surface area (Å²) in [5.74, 6) is 1.40. The van der Waals surface area contributed by atoms with Crippen LogP contribution in [0.2, 0.25) is 0 Å². The molecule has 1 aliphatic heterocycles. The van der Waals surface area contributed by atoms with E-state index in [1.165, 1.54) is 0 Å². The van der Waals surface area contributed by atoms with E-state index < -0.39 is 6.10 Å². The van der Waals surface area contributed by atoms with E-state index >= 15 is 0 Å². The zero-order valence-electron chi connectivity index (χ0n) is 14.0. The first-order valence-electron chi connectivity index (χ1n) is 8.18. The van der Waals surface area contributed by atoms with Crippen LogP contribution in [-0.4, -0.2) is 51.4 Å². The average molecular weight is 330 g/mol. The fourth-order valence-corrected chi connectivity index (χ4v) is 2.77. The third kappa shape index (κ3) is 3.56. The largest absolute Gasteiger partial charge is 0.481 e. The molecule has 1 amide bonds. The number of benzene rings is 1. The second kappa shape index (κ2) is 7.44. The number of ether oxygens (including phenoxy) is 2. The van der Waals surface area contributed by atoms with E-state index in [4.69, 9.17) is 9.47 Å². The SMILES string of the molecule is CCn1cnnc1[C@@H]1CN(C(=O)[C@H](C)Oc2ccccc2)CCO1. The van der Waals surface area contributed by atoms with Crippen molar-refractivity contribution >= 4 is 5.91 Å². The molecule has 128 valence electrons. The first-order chi connectivity index (χ1) is 11.7. The number of nitrogens with zero attached hydrogens (tertiary/aromatic N) is 4. The van der Waals surface area contributed by atoms with Gasteiger partial charge in [-0.3, -0.25) is 4.79 Å². The van der Waals surface area contributed by atoms with Crippen LogP contribution in [-0.2, 0) is 16.1 Å². The molecule has 0 spiro atoms. The van der Waals surface area contributed by atoms with Gasteiger partial charge in [0.1, 0.15) is 18.2 Å². The van der Waals surface area contributed by atoms with Crippen LogP contribution in [0, 0.1) is 0 Å². The summed E-state index contributed by atoms with van der Waals surface area (Å²) < 4.78 is 13.5. The molecule has 0 radical (unpaired) electrons. The van der Waals surface area contributed by atoms with Crippen LogP contribution in [0.5, 0.6) is 5.75 Å². The van der Waals surface area contributed by atoms with E-state index in [0.29, 0.717) is 25.4 Å². The van der Waals surface area contributed by atoms with Gasteiger partial charge < -0.3 is 18.9 Å². The van der Waals surface area contributed by atoms with Gasteiger partial charge in [0.2, 0.25) is 0 Å². The van der Waals surface area contributed by atoms with Crippen LogP contribution in [0.15, 0.2) is 36.7 Å². The highest BCUT2D eigenvalue weighted by atomic mass is 16.5. The monoisotopic (exact) mass is 330 g/mol. The van der Waals surface area contributed by atoms with Crippen molar-refractivity contribution in [2.24, 2.45) is 0 Å². The summed E-state index contributed by atoms with van der Waals surface area (Å²) in [6, 6.07) is 9.37. The second-order valence-corrected chi connectivity index (χ2v) is 5.69. The van der Waals surface area contributed by atoms with Crippen LogP contribution in [0.25, 0.3) is 0 Å². The fourth-order valence-electron chi connectivity index (χ4n) is 2.77. The van der Waals surface area contributed by atoms with Gasteiger partial charge in [-0.15, -0.1) is 10.2 Å². The number of aryl methyl sites for hydroxylation is 1. The average Bonchev–Trinajstić information content (AvgIpc) is 3.11. The molecule has 1 aromatic heterocycles. The number of rotatable bonds is 5. The third-order valence-electron chi connectivity index (χ3n) is 4.06. The summed E-state index contributed by atoms with van der Waals surface area (Å²) in [5, 5.41) is 8.07. The van der Waals surface area contributed by atoms with Gasteiger partial charge in [0.05, 0.1) is 13.2 Å². The number of hydrogen-bond donors (Lipinski definition) is 0. The Morgan fingerprint density at radius 3 is 2.96 bits per heavy atom. The Labute approximate surface area is 141 Å². The molecule has 2 heterocycles. The summed E-state index contributed by atoms with van der Waals surface area (Å²) in [5.41, 5.74) is 0. The van der Waals surface area contributed by atoms with E-state index in [1.807, 2.05) is 41.8 Å². The van der Waals surface area contributed by atoms with E-state index in [-0.39, 0.29) is 12.0 Å². The molecule has 0 N–H and O–H groups in total. The first-order valence-corrected chi connectivity index (χ1v) is 8.18. The standard InChI is InChI=1S/C17H22N4O3/c1-3-20-12-18-19-16(20)15-11-21(9-10-23-15)17(22)13(2)24-14-7-5-4-6-8-14/h4-8,12-13,15H,3,9-11H2,1-2H3/t13-,15-/m0/s1. The molecule has 0 bridgehead atoms. The molecular weight excluding hydrogens is 308 g/mol. The predicted octanol–water partition coefficient (Wildman–Crippen LogP) is 1.67. The second-order valence-electron chi connectivity index (χ2n) is 5.69. The summed E-state index contributed by atoms with van der Waals surface area (Å²) in [6.07, 6.45) is 0.880. The van der Waals surface area contributed by atoms with E-state index in [1.54, 1.807) is 18.2 Å². The molecule has 1 fully saturated rings. The zero-order valence-corrected chi connectivity index (χ0v) is 14.0. The Bertz CT molecular complexity index is 673. The summed E-state index contributed by atoms with van der Waals surface area (Å²) >= 11 is 0. The van der Waals surface area contributed by atoms with Gasteiger partial charge in [-0.2, -0.15) is 0 Å². The molecule has 1 aromatic carbocycles. The lowest BCUT2D eigenvalue weighted by molar-refractivity contribution is -0.146. The first kappa shape index (κ1) is 16.4. The van der Waals surface area contributed by atoms with Gasteiger partial charge in [-0.1, -0.05) is 18.2 Å². The Morgan fingerprint density at radius 1 is 1.42 bits per heavy atom. The van der Waals surface area contributed by atoms with Crippen molar-refractivity contribution in [2.75, 3.05) is 19.7 Å². The highest BCUT2D eigenvalue weighted by Crippen LogP contribution is 2.21. The summed E-state index contributed by atoms with van der Waals surface area (Å²) in [4.78, 5) is 14.4. The molecule has 3 rings (SSSR count). The highest BCUT2D eigenvalue weighted by molar-refractivity contribution is 5.81. The molecule has 1 aliphatic rings. The lowest BCUT2D eigenvalue weighted by atomic mass is 10.2. The Balaban J connectivity index is 1.64. The summed E-state index contributed by atoms with van der Waals surface area (Å²) in [6.45, 7) is 6.05. The minimum atomic E-state index is -0.546. The maximum Gasteiger partial charge on any atom is 0.263 e. The fraction of sp³-hybridized carbons (Fsp3) is 0.471. The number of carbonyl (C=O) groups excluding carboxylic acids is 1. The van der Waals surface area contributed by atoms with Crippen LogP contribution >= 0.6 is 0 Å². The zero-order chi connectivity index (χ0) is 16.9. The van der Waals surface area contributed by atoms with Crippen LogP contribution in [0.4, 0.5) is 0 Å². The Kier molecular flexibility index (Phi) is 5.10. The molecule has 7 heteroatoms. The number of carbonyl (C=O) groups is 1. The van der Waals surface area contributed by atoms with Crippen molar-refractivity contribution in [3.8, 4) is 5.75 Å². The highest BCUT2D eigenvalue weighted by Gasteiger charge is 2.31. The minimum absolute atomic E-state index is 0.0466. The number of aromatic nitrogens is 3. The quantitative estimate of drug-likeness (QED) is 0.834. The lowest BCUT2D eigenvalue weighted by Crippen LogP contribution is -2.47. The lowest BCUT2D eigenvalue weighted by Gasteiger charge is -2.34. The topological polar surface area (TPSA) is 69.5 Å². The Morgan fingerprint density at radius 2 is 2.21 bits per heavy atom. The number of hydrogen-bond acceptors (Lipinski definition) is 5.